The van der Waals surface area contributed by atoms with Gasteiger partial charge in [-0.05, 0) is 25.3 Å². The molecule has 0 aliphatic carbocycles. The van der Waals surface area contributed by atoms with Gasteiger partial charge in [0.15, 0.2) is 11.6 Å². The molecule has 0 spiro atoms. The second-order valence-corrected chi connectivity index (χ2v) is 4.13. The number of thioether (sulfide) groups is 1. The highest BCUT2D eigenvalue weighted by Gasteiger charge is 2.10. The quantitative estimate of drug-likeness (QED) is 0.790. The lowest BCUT2D eigenvalue weighted by Crippen LogP contribution is -1.86. The number of hydrogen-bond donors (Lipinski definition) is 1. The normalized spacial score (nSPS) is 10.5. The zero-order chi connectivity index (χ0) is 10.8. The van der Waals surface area contributed by atoms with Gasteiger partial charge in [-0.1, -0.05) is 17.3 Å². The molecule has 0 saturated carbocycles. The predicted octanol–water partition coefficient (Wildman–Crippen LogP) is 2.95. The Labute approximate surface area is 92.6 Å². The lowest BCUT2D eigenvalue weighted by atomic mass is 10.1. The number of hydrogen-bond acceptors (Lipinski definition) is 4. The molecule has 1 heterocycles. The molecule has 4 heteroatoms. The van der Waals surface area contributed by atoms with Gasteiger partial charge in [-0.15, -0.1) is 11.8 Å². The summed E-state index contributed by atoms with van der Waals surface area (Å²) in [5.41, 5.74) is 7.53. The van der Waals surface area contributed by atoms with Crippen LogP contribution in [0.2, 0.25) is 0 Å². The molecule has 0 bridgehead atoms. The van der Waals surface area contributed by atoms with E-state index < -0.39 is 0 Å². The standard InChI is InChI=1S/C11H12N2OS/c1-7-10(14-13-11(7)12)8-3-5-9(15-2)6-4-8/h3-6H,1-2H3,(H2,12,13). The lowest BCUT2D eigenvalue weighted by molar-refractivity contribution is 0.435. The van der Waals surface area contributed by atoms with E-state index in [2.05, 4.69) is 17.3 Å². The van der Waals surface area contributed by atoms with Crippen LogP contribution in [0.5, 0.6) is 0 Å². The van der Waals surface area contributed by atoms with Gasteiger partial charge in [0.25, 0.3) is 0 Å². The number of nitrogen functional groups attached to an aromatic ring is 1. The second kappa shape index (κ2) is 3.98. The summed E-state index contributed by atoms with van der Waals surface area (Å²) < 4.78 is 5.17. The van der Waals surface area contributed by atoms with Crippen molar-refractivity contribution < 1.29 is 4.52 Å². The lowest BCUT2D eigenvalue weighted by Gasteiger charge is -1.99. The summed E-state index contributed by atoms with van der Waals surface area (Å²) in [5.74, 6) is 1.21. The third kappa shape index (κ3) is 1.85. The number of benzene rings is 1. The molecule has 15 heavy (non-hydrogen) atoms. The Morgan fingerprint density at radius 1 is 1.27 bits per heavy atom. The van der Waals surface area contributed by atoms with Crippen LogP contribution in [0.25, 0.3) is 11.3 Å². The van der Waals surface area contributed by atoms with E-state index in [0.717, 1.165) is 16.9 Å². The van der Waals surface area contributed by atoms with Gasteiger partial charge in [0.1, 0.15) is 0 Å². The maximum Gasteiger partial charge on any atom is 0.171 e. The monoisotopic (exact) mass is 220 g/mol. The van der Waals surface area contributed by atoms with Crippen molar-refractivity contribution >= 4 is 17.6 Å². The molecule has 0 saturated heterocycles. The summed E-state index contributed by atoms with van der Waals surface area (Å²) in [6, 6.07) is 8.13. The molecule has 0 atom stereocenters. The summed E-state index contributed by atoms with van der Waals surface area (Å²) in [7, 11) is 0. The van der Waals surface area contributed by atoms with Gasteiger partial charge in [0.2, 0.25) is 0 Å². The first-order valence-electron chi connectivity index (χ1n) is 4.58. The van der Waals surface area contributed by atoms with Gasteiger partial charge < -0.3 is 10.3 Å². The van der Waals surface area contributed by atoms with Crippen LogP contribution in [-0.2, 0) is 0 Å². The predicted molar refractivity (Wildman–Crippen MR) is 62.9 cm³/mol. The summed E-state index contributed by atoms with van der Waals surface area (Å²) in [4.78, 5) is 1.23. The third-order valence-corrected chi connectivity index (χ3v) is 3.06. The average Bonchev–Trinajstić information content (AvgIpc) is 2.60. The molecule has 1 aromatic heterocycles. The van der Waals surface area contributed by atoms with E-state index in [1.165, 1.54) is 4.90 Å². The fourth-order valence-corrected chi connectivity index (χ4v) is 1.77. The Kier molecular flexibility index (Phi) is 2.68. The van der Waals surface area contributed by atoms with Crippen LogP contribution in [0.4, 0.5) is 5.82 Å². The van der Waals surface area contributed by atoms with E-state index in [1.807, 2.05) is 25.3 Å². The zero-order valence-corrected chi connectivity index (χ0v) is 9.47. The molecule has 0 amide bonds. The van der Waals surface area contributed by atoms with Gasteiger partial charge in [-0.3, -0.25) is 0 Å². The first-order chi connectivity index (χ1) is 7.22. The molecule has 78 valence electrons. The topological polar surface area (TPSA) is 52.0 Å². The van der Waals surface area contributed by atoms with Crippen molar-refractivity contribution in [2.45, 2.75) is 11.8 Å². The SMILES string of the molecule is CSc1ccc(-c2onc(N)c2C)cc1. The van der Waals surface area contributed by atoms with E-state index in [9.17, 15) is 0 Å². The molecule has 0 unspecified atom stereocenters. The number of aromatic nitrogens is 1. The number of nitrogens with zero attached hydrogens (tertiary/aromatic N) is 1. The van der Waals surface area contributed by atoms with Crippen LogP contribution in [0.3, 0.4) is 0 Å². The molecular formula is C11H12N2OS. The Morgan fingerprint density at radius 2 is 1.93 bits per heavy atom. The molecule has 1 aromatic carbocycles. The molecular weight excluding hydrogens is 208 g/mol. The van der Waals surface area contributed by atoms with Crippen LogP contribution in [-0.4, -0.2) is 11.4 Å². The molecule has 2 N–H and O–H groups in total. The van der Waals surface area contributed by atoms with Crippen LogP contribution < -0.4 is 5.73 Å². The van der Waals surface area contributed by atoms with Crippen LogP contribution >= 0.6 is 11.8 Å². The van der Waals surface area contributed by atoms with Gasteiger partial charge in [-0.2, -0.15) is 0 Å². The van der Waals surface area contributed by atoms with E-state index in [1.54, 1.807) is 11.8 Å². The first-order valence-corrected chi connectivity index (χ1v) is 5.81. The van der Waals surface area contributed by atoms with Crippen molar-refractivity contribution in [3.8, 4) is 11.3 Å². The minimum Gasteiger partial charge on any atom is -0.381 e. The molecule has 0 aliphatic rings. The first kappa shape index (κ1) is 10.1. The van der Waals surface area contributed by atoms with Crippen molar-refractivity contribution in [3.05, 3.63) is 29.8 Å². The van der Waals surface area contributed by atoms with Crippen LogP contribution in [0.1, 0.15) is 5.56 Å². The van der Waals surface area contributed by atoms with Crippen molar-refractivity contribution in [3.63, 3.8) is 0 Å². The third-order valence-electron chi connectivity index (χ3n) is 2.31. The van der Waals surface area contributed by atoms with Crippen molar-refractivity contribution in [2.75, 3.05) is 12.0 Å². The Bertz CT molecular complexity index is 462. The van der Waals surface area contributed by atoms with E-state index >= 15 is 0 Å². The van der Waals surface area contributed by atoms with Crippen molar-refractivity contribution in [2.24, 2.45) is 0 Å². The Morgan fingerprint density at radius 3 is 2.40 bits per heavy atom. The highest BCUT2D eigenvalue weighted by atomic mass is 32.2. The molecule has 0 fully saturated rings. The Hall–Kier alpha value is -1.42. The summed E-state index contributed by atoms with van der Waals surface area (Å²) in [6.45, 7) is 1.91. The number of nitrogens with two attached hydrogens (primary N) is 1. The van der Waals surface area contributed by atoms with Crippen LogP contribution in [0.15, 0.2) is 33.7 Å². The molecule has 2 rings (SSSR count). The maximum atomic E-state index is 5.63. The molecule has 0 aliphatic heterocycles. The zero-order valence-electron chi connectivity index (χ0n) is 8.65. The van der Waals surface area contributed by atoms with Gasteiger partial charge in [-0.25, -0.2) is 0 Å². The van der Waals surface area contributed by atoms with E-state index in [4.69, 9.17) is 10.3 Å². The second-order valence-electron chi connectivity index (χ2n) is 3.25. The van der Waals surface area contributed by atoms with E-state index in [-0.39, 0.29) is 0 Å². The smallest absolute Gasteiger partial charge is 0.171 e. The highest BCUT2D eigenvalue weighted by Crippen LogP contribution is 2.28. The Balaban J connectivity index is 2.41. The minimum atomic E-state index is 0.457. The fourth-order valence-electron chi connectivity index (χ4n) is 1.36. The van der Waals surface area contributed by atoms with Crippen LogP contribution in [0, 0.1) is 6.92 Å². The summed E-state index contributed by atoms with van der Waals surface area (Å²) in [5, 5.41) is 3.73. The highest BCUT2D eigenvalue weighted by molar-refractivity contribution is 7.98. The van der Waals surface area contributed by atoms with E-state index in [0.29, 0.717) is 5.82 Å². The van der Waals surface area contributed by atoms with Crippen molar-refractivity contribution in [1.29, 1.82) is 0 Å². The largest absolute Gasteiger partial charge is 0.381 e. The molecule has 0 radical (unpaired) electrons. The summed E-state index contributed by atoms with van der Waals surface area (Å²) >= 11 is 1.71. The van der Waals surface area contributed by atoms with Crippen molar-refractivity contribution in [1.82, 2.24) is 5.16 Å². The number of rotatable bonds is 2. The molecule has 2 aromatic rings. The number of anilines is 1. The van der Waals surface area contributed by atoms with Gasteiger partial charge in [0.05, 0.1) is 0 Å². The summed E-state index contributed by atoms with van der Waals surface area (Å²) in [6.07, 6.45) is 2.05. The van der Waals surface area contributed by atoms with Gasteiger partial charge >= 0.3 is 0 Å². The average molecular weight is 220 g/mol. The molecule has 3 nitrogen and oxygen atoms in total. The fraction of sp³-hybridized carbons (Fsp3) is 0.182. The van der Waals surface area contributed by atoms with Gasteiger partial charge in [0, 0.05) is 16.0 Å². The maximum absolute atomic E-state index is 5.63. The minimum absolute atomic E-state index is 0.457.